The second-order valence-corrected chi connectivity index (χ2v) is 3.17. The number of ether oxygens (including phenoxy) is 1. The van der Waals surface area contributed by atoms with Crippen molar-refractivity contribution in [2.24, 2.45) is 0 Å². The maximum atomic E-state index is 11.2. The molecule has 0 amide bonds. The summed E-state index contributed by atoms with van der Waals surface area (Å²) < 4.78 is 5.91. The largest absolute Gasteiger partial charge is 0.463 e. The molecule has 0 N–H and O–H groups in total. The first-order valence-corrected chi connectivity index (χ1v) is 4.75. The second-order valence-electron chi connectivity index (χ2n) is 3.17. The van der Waals surface area contributed by atoms with Crippen LogP contribution in [0.2, 0.25) is 0 Å². The minimum Gasteiger partial charge on any atom is -0.463 e. The molecule has 0 atom stereocenters. The predicted molar refractivity (Wildman–Crippen MR) is 57.4 cm³/mol. The average Bonchev–Trinajstić information content (AvgIpc) is 2.87. The molecule has 1 heterocycles. The highest BCUT2D eigenvalue weighted by Crippen LogP contribution is 2.08. The summed E-state index contributed by atoms with van der Waals surface area (Å²) in [7, 11) is 1.26. The molecule has 0 saturated carbocycles. The van der Waals surface area contributed by atoms with E-state index in [-0.39, 0.29) is 5.82 Å². The normalized spacial score (nSPS) is 9.65. The van der Waals surface area contributed by atoms with E-state index in [2.05, 4.69) is 14.8 Å². The lowest BCUT2D eigenvalue weighted by molar-refractivity contribution is 0.0587. The van der Waals surface area contributed by atoms with Gasteiger partial charge in [0.25, 0.3) is 5.82 Å². The highest BCUT2D eigenvalue weighted by molar-refractivity contribution is 5.84. The fourth-order valence-corrected chi connectivity index (χ4v) is 1.29. The third-order valence-corrected chi connectivity index (χ3v) is 2.10. The smallest absolute Gasteiger partial charge is 0.377 e. The number of nitrogens with zero attached hydrogens (tertiary/aromatic N) is 4. The first-order chi connectivity index (χ1) is 8.24. The number of carbonyl (C=O) groups excluding carboxylic acids is 1. The van der Waals surface area contributed by atoms with Gasteiger partial charge in [-0.25, -0.2) is 14.5 Å². The van der Waals surface area contributed by atoms with Crippen LogP contribution < -0.4 is 0 Å². The molecule has 17 heavy (non-hydrogen) atoms. The van der Waals surface area contributed by atoms with Gasteiger partial charge in [-0.2, -0.15) is 5.26 Å². The summed E-state index contributed by atoms with van der Waals surface area (Å²) in [4.78, 5) is 15.0. The number of hydrogen-bond donors (Lipinski definition) is 0. The fourth-order valence-electron chi connectivity index (χ4n) is 1.29. The Morgan fingerprint density at radius 1 is 1.53 bits per heavy atom. The zero-order chi connectivity index (χ0) is 12.3. The maximum absolute atomic E-state index is 11.2. The van der Waals surface area contributed by atoms with Gasteiger partial charge < -0.3 is 4.74 Å². The molecule has 1 aromatic heterocycles. The van der Waals surface area contributed by atoms with Gasteiger partial charge in [-0.15, -0.1) is 5.10 Å². The number of rotatable bonds is 2. The van der Waals surface area contributed by atoms with Gasteiger partial charge in [-0.05, 0) is 18.2 Å². The van der Waals surface area contributed by atoms with Crippen molar-refractivity contribution in [3.05, 3.63) is 42.0 Å². The van der Waals surface area contributed by atoms with E-state index in [9.17, 15) is 4.79 Å². The molecule has 0 aliphatic heterocycles. The minimum absolute atomic E-state index is 0.0186. The van der Waals surface area contributed by atoms with Crippen molar-refractivity contribution >= 4 is 5.97 Å². The Balaban J connectivity index is 2.37. The number of benzene rings is 1. The Hall–Kier alpha value is -2.68. The Kier molecular flexibility index (Phi) is 2.83. The van der Waals surface area contributed by atoms with Crippen molar-refractivity contribution in [1.29, 1.82) is 5.26 Å². The van der Waals surface area contributed by atoms with Crippen LogP contribution in [0.1, 0.15) is 16.2 Å². The molecule has 2 rings (SSSR count). The summed E-state index contributed by atoms with van der Waals surface area (Å²) in [5, 5.41) is 12.7. The van der Waals surface area contributed by atoms with Crippen molar-refractivity contribution in [1.82, 2.24) is 14.8 Å². The Morgan fingerprint density at radius 3 is 3.06 bits per heavy atom. The summed E-state index contributed by atoms with van der Waals surface area (Å²) in [6.45, 7) is 0. The van der Waals surface area contributed by atoms with Crippen molar-refractivity contribution in [2.75, 3.05) is 7.11 Å². The van der Waals surface area contributed by atoms with Crippen LogP contribution in [-0.2, 0) is 4.74 Å². The van der Waals surface area contributed by atoms with Crippen molar-refractivity contribution < 1.29 is 9.53 Å². The molecule has 0 spiro atoms. The number of nitriles is 1. The molecule has 6 heteroatoms. The van der Waals surface area contributed by atoms with Crippen molar-refractivity contribution in [2.45, 2.75) is 0 Å². The summed E-state index contributed by atoms with van der Waals surface area (Å²) in [6, 6.07) is 8.85. The molecular weight excluding hydrogens is 220 g/mol. The van der Waals surface area contributed by atoms with Gasteiger partial charge in [-0.1, -0.05) is 6.07 Å². The van der Waals surface area contributed by atoms with Gasteiger partial charge in [0.15, 0.2) is 0 Å². The van der Waals surface area contributed by atoms with Crippen LogP contribution in [0.4, 0.5) is 0 Å². The molecule has 6 nitrogen and oxygen atoms in total. The van der Waals surface area contributed by atoms with E-state index in [0.29, 0.717) is 11.3 Å². The fraction of sp³-hybridized carbons (Fsp3) is 0.0909. The van der Waals surface area contributed by atoms with Crippen LogP contribution in [0.5, 0.6) is 0 Å². The van der Waals surface area contributed by atoms with Crippen LogP contribution in [-0.4, -0.2) is 27.8 Å². The van der Waals surface area contributed by atoms with E-state index in [1.54, 1.807) is 24.3 Å². The molecule has 0 aliphatic carbocycles. The van der Waals surface area contributed by atoms with Crippen LogP contribution in [0.15, 0.2) is 30.6 Å². The van der Waals surface area contributed by atoms with Gasteiger partial charge in [0.05, 0.1) is 24.4 Å². The van der Waals surface area contributed by atoms with Gasteiger partial charge in [0, 0.05) is 0 Å². The second kappa shape index (κ2) is 4.45. The molecule has 0 bridgehead atoms. The average molecular weight is 228 g/mol. The first kappa shape index (κ1) is 10.8. The molecule has 0 radical (unpaired) electrons. The lowest BCUT2D eigenvalue weighted by Gasteiger charge is -1.99. The highest BCUT2D eigenvalue weighted by Gasteiger charge is 2.11. The number of aromatic nitrogens is 3. The Morgan fingerprint density at radius 2 is 2.35 bits per heavy atom. The molecule has 84 valence electrons. The molecule has 1 aromatic carbocycles. The van der Waals surface area contributed by atoms with Crippen LogP contribution >= 0.6 is 0 Å². The zero-order valence-corrected chi connectivity index (χ0v) is 8.99. The van der Waals surface area contributed by atoms with Gasteiger partial charge in [0.2, 0.25) is 0 Å². The molecule has 0 aliphatic rings. The third kappa shape index (κ3) is 2.13. The number of hydrogen-bond acceptors (Lipinski definition) is 5. The van der Waals surface area contributed by atoms with Crippen LogP contribution in [0, 0.1) is 11.3 Å². The monoisotopic (exact) mass is 228 g/mol. The molecule has 0 fully saturated rings. The maximum Gasteiger partial charge on any atom is 0.377 e. The Labute approximate surface area is 97.1 Å². The topological polar surface area (TPSA) is 80.8 Å². The number of carbonyl (C=O) groups is 1. The van der Waals surface area contributed by atoms with E-state index in [0.717, 1.165) is 0 Å². The van der Waals surface area contributed by atoms with Crippen molar-refractivity contribution in [3.8, 4) is 11.8 Å². The summed E-state index contributed by atoms with van der Waals surface area (Å²) in [5.74, 6) is -0.616. The first-order valence-electron chi connectivity index (χ1n) is 4.75. The number of esters is 1. The summed E-state index contributed by atoms with van der Waals surface area (Å²) >= 11 is 0. The van der Waals surface area contributed by atoms with Crippen LogP contribution in [0.25, 0.3) is 5.69 Å². The van der Waals surface area contributed by atoms with Crippen LogP contribution in [0.3, 0.4) is 0 Å². The number of methoxy groups -OCH3 is 1. The summed E-state index contributed by atoms with van der Waals surface area (Å²) in [6.07, 6.45) is 1.39. The van der Waals surface area contributed by atoms with E-state index < -0.39 is 5.97 Å². The van der Waals surface area contributed by atoms with E-state index in [1.807, 2.05) is 6.07 Å². The quantitative estimate of drug-likeness (QED) is 0.714. The molecule has 0 unspecified atom stereocenters. The summed E-state index contributed by atoms with van der Waals surface area (Å²) in [5.41, 5.74) is 1.17. The molecule has 0 saturated heterocycles. The van der Waals surface area contributed by atoms with Gasteiger partial charge in [-0.3, -0.25) is 0 Å². The van der Waals surface area contributed by atoms with Gasteiger partial charge >= 0.3 is 5.97 Å². The lowest BCUT2D eigenvalue weighted by atomic mass is 10.2. The molecule has 2 aromatic rings. The SMILES string of the molecule is COC(=O)c1ncn(-c2cccc(C#N)c2)n1. The lowest BCUT2D eigenvalue weighted by Crippen LogP contribution is -2.05. The Bertz CT molecular complexity index is 598. The predicted octanol–water partition coefficient (Wildman–Crippen LogP) is 0.926. The third-order valence-electron chi connectivity index (χ3n) is 2.10. The minimum atomic E-state index is -0.597. The van der Waals surface area contributed by atoms with Gasteiger partial charge in [0.1, 0.15) is 6.33 Å². The van der Waals surface area contributed by atoms with E-state index in [1.165, 1.54) is 18.1 Å². The zero-order valence-electron chi connectivity index (χ0n) is 8.99. The van der Waals surface area contributed by atoms with Crippen molar-refractivity contribution in [3.63, 3.8) is 0 Å². The highest BCUT2D eigenvalue weighted by atomic mass is 16.5. The van der Waals surface area contributed by atoms with E-state index in [4.69, 9.17) is 5.26 Å². The standard InChI is InChI=1S/C11H8N4O2/c1-17-11(16)10-13-7-15(14-10)9-4-2-3-8(5-9)6-12/h2-5,7H,1H3. The van der Waals surface area contributed by atoms with E-state index >= 15 is 0 Å². The molecular formula is C11H8N4O2.